The largest absolute Gasteiger partial charge is 0.508 e. The number of anilines is 1. The topological polar surface area (TPSA) is 79.3 Å². The summed E-state index contributed by atoms with van der Waals surface area (Å²) < 4.78 is 10.3. The van der Waals surface area contributed by atoms with Gasteiger partial charge in [-0.3, -0.25) is 9.59 Å². The zero-order valence-electron chi connectivity index (χ0n) is 15.8. The number of rotatable bonds is 6. The SMILES string of the molecule is COc1ccc(N2CCN(C(=O)COC(=O)Cc3ccc(O)cc3)CC2)cc1. The number of ether oxygens (including phenoxy) is 2. The van der Waals surface area contributed by atoms with E-state index in [1.54, 1.807) is 24.1 Å². The number of carbonyl (C=O) groups is 2. The Morgan fingerprint density at radius 3 is 2.21 bits per heavy atom. The number of hydrogen-bond donors (Lipinski definition) is 1. The Labute approximate surface area is 164 Å². The van der Waals surface area contributed by atoms with Crippen molar-refractivity contribution in [2.24, 2.45) is 0 Å². The van der Waals surface area contributed by atoms with Crippen LogP contribution in [0.2, 0.25) is 0 Å². The van der Waals surface area contributed by atoms with E-state index in [1.807, 2.05) is 24.3 Å². The average Bonchev–Trinajstić information content (AvgIpc) is 2.74. The van der Waals surface area contributed by atoms with Crippen molar-refractivity contribution in [3.63, 3.8) is 0 Å². The van der Waals surface area contributed by atoms with E-state index in [4.69, 9.17) is 9.47 Å². The summed E-state index contributed by atoms with van der Waals surface area (Å²) in [7, 11) is 1.64. The fourth-order valence-corrected chi connectivity index (χ4v) is 3.07. The molecule has 0 spiro atoms. The van der Waals surface area contributed by atoms with Crippen molar-refractivity contribution in [2.45, 2.75) is 6.42 Å². The lowest BCUT2D eigenvalue weighted by atomic mass is 10.1. The Hall–Kier alpha value is -3.22. The summed E-state index contributed by atoms with van der Waals surface area (Å²) in [6.45, 7) is 2.36. The molecule has 0 aromatic heterocycles. The number of piperazine rings is 1. The van der Waals surface area contributed by atoms with Crippen LogP contribution in [0, 0.1) is 0 Å². The molecule has 3 rings (SSSR count). The summed E-state index contributed by atoms with van der Waals surface area (Å²) in [4.78, 5) is 28.1. The Kier molecular flexibility index (Phi) is 6.37. The second-order valence-electron chi connectivity index (χ2n) is 6.57. The Balaban J connectivity index is 1.42. The highest BCUT2D eigenvalue weighted by Crippen LogP contribution is 2.20. The van der Waals surface area contributed by atoms with E-state index in [-0.39, 0.29) is 24.7 Å². The molecule has 0 aliphatic carbocycles. The molecule has 0 saturated carbocycles. The zero-order valence-corrected chi connectivity index (χ0v) is 15.8. The monoisotopic (exact) mass is 384 g/mol. The van der Waals surface area contributed by atoms with Crippen molar-refractivity contribution in [3.05, 3.63) is 54.1 Å². The van der Waals surface area contributed by atoms with Crippen LogP contribution in [0.1, 0.15) is 5.56 Å². The van der Waals surface area contributed by atoms with Crippen molar-refractivity contribution in [1.29, 1.82) is 0 Å². The predicted molar refractivity (Wildman–Crippen MR) is 105 cm³/mol. The van der Waals surface area contributed by atoms with Gasteiger partial charge in [-0.1, -0.05) is 12.1 Å². The number of phenols is 1. The first-order chi connectivity index (χ1) is 13.5. The molecule has 1 aliphatic rings. The molecule has 2 aromatic rings. The predicted octanol–water partition coefficient (Wildman–Crippen LogP) is 1.84. The van der Waals surface area contributed by atoms with Gasteiger partial charge in [0.1, 0.15) is 11.5 Å². The fourth-order valence-electron chi connectivity index (χ4n) is 3.07. The molecule has 0 unspecified atom stereocenters. The van der Waals surface area contributed by atoms with Gasteiger partial charge >= 0.3 is 5.97 Å². The smallest absolute Gasteiger partial charge is 0.310 e. The van der Waals surface area contributed by atoms with E-state index in [0.29, 0.717) is 13.1 Å². The van der Waals surface area contributed by atoms with E-state index in [1.165, 1.54) is 12.1 Å². The molecule has 1 aliphatic heterocycles. The lowest BCUT2D eigenvalue weighted by Crippen LogP contribution is -2.49. The first kappa shape index (κ1) is 19.5. The zero-order chi connectivity index (χ0) is 19.9. The summed E-state index contributed by atoms with van der Waals surface area (Å²) >= 11 is 0. The van der Waals surface area contributed by atoms with E-state index >= 15 is 0 Å². The minimum Gasteiger partial charge on any atom is -0.508 e. The van der Waals surface area contributed by atoms with Crippen LogP contribution in [-0.2, 0) is 20.7 Å². The standard InChI is InChI=1S/C21H24N2O5/c1-27-19-8-4-17(5-9-19)22-10-12-23(13-11-22)20(25)15-28-21(26)14-16-2-6-18(24)7-3-16/h2-9,24H,10-15H2,1H3. The Morgan fingerprint density at radius 1 is 0.964 bits per heavy atom. The van der Waals surface area contributed by atoms with Crippen LogP contribution in [0.25, 0.3) is 0 Å². The van der Waals surface area contributed by atoms with Crippen LogP contribution in [0.15, 0.2) is 48.5 Å². The maximum atomic E-state index is 12.3. The van der Waals surface area contributed by atoms with Crippen LogP contribution in [0.5, 0.6) is 11.5 Å². The van der Waals surface area contributed by atoms with Gasteiger partial charge in [0, 0.05) is 31.9 Å². The second-order valence-corrected chi connectivity index (χ2v) is 6.57. The van der Waals surface area contributed by atoms with Crippen LogP contribution >= 0.6 is 0 Å². The molecule has 148 valence electrons. The number of nitrogens with zero attached hydrogens (tertiary/aromatic N) is 2. The molecule has 1 saturated heterocycles. The van der Waals surface area contributed by atoms with Gasteiger partial charge in [0.15, 0.2) is 6.61 Å². The van der Waals surface area contributed by atoms with Crippen LogP contribution in [-0.4, -0.2) is 61.8 Å². The highest BCUT2D eigenvalue weighted by molar-refractivity contribution is 5.81. The minimum absolute atomic E-state index is 0.0683. The molecule has 2 aromatic carbocycles. The van der Waals surface area contributed by atoms with Crippen molar-refractivity contribution in [2.75, 3.05) is 44.8 Å². The molecule has 0 atom stereocenters. The van der Waals surface area contributed by atoms with Gasteiger partial charge in [0.25, 0.3) is 5.91 Å². The number of hydrogen-bond acceptors (Lipinski definition) is 6. The van der Waals surface area contributed by atoms with Crippen molar-refractivity contribution in [1.82, 2.24) is 4.90 Å². The maximum absolute atomic E-state index is 12.3. The van der Waals surface area contributed by atoms with Crippen LogP contribution in [0.3, 0.4) is 0 Å². The first-order valence-electron chi connectivity index (χ1n) is 9.15. The van der Waals surface area contributed by atoms with Crippen molar-refractivity contribution in [3.8, 4) is 11.5 Å². The third-order valence-electron chi connectivity index (χ3n) is 4.71. The normalized spacial score (nSPS) is 13.9. The summed E-state index contributed by atoms with van der Waals surface area (Å²) in [5.74, 6) is 0.303. The molecule has 0 radical (unpaired) electrons. The first-order valence-corrected chi connectivity index (χ1v) is 9.15. The highest BCUT2D eigenvalue weighted by Gasteiger charge is 2.22. The van der Waals surface area contributed by atoms with E-state index in [9.17, 15) is 14.7 Å². The molecule has 7 heteroatoms. The molecule has 1 N–H and O–H groups in total. The lowest BCUT2D eigenvalue weighted by Gasteiger charge is -2.36. The maximum Gasteiger partial charge on any atom is 0.310 e. The van der Waals surface area contributed by atoms with Gasteiger partial charge in [-0.05, 0) is 42.0 Å². The van der Waals surface area contributed by atoms with Gasteiger partial charge < -0.3 is 24.4 Å². The summed E-state index contributed by atoms with van der Waals surface area (Å²) in [5, 5.41) is 9.25. The number of carbonyl (C=O) groups excluding carboxylic acids is 2. The van der Waals surface area contributed by atoms with Gasteiger partial charge in [0.05, 0.1) is 13.5 Å². The van der Waals surface area contributed by atoms with Gasteiger partial charge in [-0.15, -0.1) is 0 Å². The highest BCUT2D eigenvalue weighted by atomic mass is 16.5. The quantitative estimate of drug-likeness (QED) is 0.766. The minimum atomic E-state index is -0.462. The summed E-state index contributed by atoms with van der Waals surface area (Å²) in [6, 6.07) is 14.2. The summed E-state index contributed by atoms with van der Waals surface area (Å²) in [6.07, 6.45) is 0.0683. The fraction of sp³-hybridized carbons (Fsp3) is 0.333. The molecule has 1 fully saturated rings. The number of aromatic hydroxyl groups is 1. The average molecular weight is 384 g/mol. The number of esters is 1. The molecular formula is C21H24N2O5. The number of amides is 1. The van der Waals surface area contributed by atoms with Gasteiger partial charge in [-0.25, -0.2) is 0 Å². The number of benzene rings is 2. The van der Waals surface area contributed by atoms with Crippen LogP contribution < -0.4 is 9.64 Å². The van der Waals surface area contributed by atoms with Gasteiger partial charge in [0.2, 0.25) is 0 Å². The molecule has 28 heavy (non-hydrogen) atoms. The molecule has 1 heterocycles. The molecule has 1 amide bonds. The van der Waals surface area contributed by atoms with Crippen molar-refractivity contribution >= 4 is 17.6 Å². The van der Waals surface area contributed by atoms with Gasteiger partial charge in [-0.2, -0.15) is 0 Å². The third-order valence-corrected chi connectivity index (χ3v) is 4.71. The Morgan fingerprint density at radius 2 is 1.61 bits per heavy atom. The molecule has 0 bridgehead atoms. The third kappa shape index (κ3) is 5.16. The van der Waals surface area contributed by atoms with E-state index in [2.05, 4.69) is 4.90 Å². The molecular weight excluding hydrogens is 360 g/mol. The van der Waals surface area contributed by atoms with E-state index in [0.717, 1.165) is 30.1 Å². The van der Waals surface area contributed by atoms with E-state index < -0.39 is 5.97 Å². The number of phenolic OH excluding ortho intramolecular Hbond substituents is 1. The molecule has 7 nitrogen and oxygen atoms in total. The Bertz CT molecular complexity index is 797. The summed E-state index contributed by atoms with van der Waals surface area (Å²) in [5.41, 5.74) is 1.82. The van der Waals surface area contributed by atoms with Crippen molar-refractivity contribution < 1.29 is 24.2 Å². The lowest BCUT2D eigenvalue weighted by molar-refractivity contribution is -0.151. The second kappa shape index (κ2) is 9.12. The van der Waals surface area contributed by atoms with Crippen LogP contribution in [0.4, 0.5) is 5.69 Å². The number of methoxy groups -OCH3 is 1.